The summed E-state index contributed by atoms with van der Waals surface area (Å²) >= 11 is 0. The summed E-state index contributed by atoms with van der Waals surface area (Å²) in [5, 5.41) is 11.3. The SMILES string of the molecule is O=c1c2ccccc2c(C=Nc2ccccc2F)c(O)n1-c1cccc(C(F)(F)F)c1. The summed E-state index contributed by atoms with van der Waals surface area (Å²) in [5.74, 6) is -1.20. The van der Waals surface area contributed by atoms with Gasteiger partial charge in [-0.3, -0.25) is 9.79 Å². The zero-order valence-corrected chi connectivity index (χ0v) is 15.8. The van der Waals surface area contributed by atoms with Gasteiger partial charge in [0.1, 0.15) is 5.82 Å². The molecule has 0 aliphatic carbocycles. The molecule has 0 aliphatic heterocycles. The molecule has 0 spiro atoms. The van der Waals surface area contributed by atoms with Crippen LogP contribution in [0.3, 0.4) is 0 Å². The highest BCUT2D eigenvalue weighted by molar-refractivity contribution is 6.02. The Labute approximate surface area is 173 Å². The lowest BCUT2D eigenvalue weighted by atomic mass is 10.1. The summed E-state index contributed by atoms with van der Waals surface area (Å²) in [6.45, 7) is 0. The van der Waals surface area contributed by atoms with E-state index in [4.69, 9.17) is 0 Å². The molecule has 4 nitrogen and oxygen atoms in total. The third-order valence-corrected chi connectivity index (χ3v) is 4.72. The van der Waals surface area contributed by atoms with Crippen molar-refractivity contribution in [3.63, 3.8) is 0 Å². The first-order valence-electron chi connectivity index (χ1n) is 9.10. The van der Waals surface area contributed by atoms with E-state index in [9.17, 15) is 27.5 Å². The van der Waals surface area contributed by atoms with Gasteiger partial charge in [0.25, 0.3) is 5.56 Å². The number of aromatic hydroxyl groups is 1. The second-order valence-electron chi connectivity index (χ2n) is 6.68. The van der Waals surface area contributed by atoms with Gasteiger partial charge < -0.3 is 5.11 Å². The molecule has 31 heavy (non-hydrogen) atoms. The Bertz CT molecular complexity index is 1370. The molecule has 0 saturated heterocycles. The lowest BCUT2D eigenvalue weighted by molar-refractivity contribution is -0.137. The molecule has 3 aromatic carbocycles. The van der Waals surface area contributed by atoms with E-state index in [0.29, 0.717) is 5.39 Å². The zero-order chi connectivity index (χ0) is 22.2. The maximum Gasteiger partial charge on any atom is 0.416 e. The fourth-order valence-corrected chi connectivity index (χ4v) is 3.24. The van der Waals surface area contributed by atoms with Crippen LogP contribution < -0.4 is 5.56 Å². The van der Waals surface area contributed by atoms with Gasteiger partial charge in [0.2, 0.25) is 5.88 Å². The van der Waals surface area contributed by atoms with Gasteiger partial charge in [-0.15, -0.1) is 0 Å². The first-order chi connectivity index (χ1) is 14.8. The van der Waals surface area contributed by atoms with Gasteiger partial charge in [-0.2, -0.15) is 13.2 Å². The van der Waals surface area contributed by atoms with Crippen molar-refractivity contribution >= 4 is 22.7 Å². The predicted molar refractivity (Wildman–Crippen MR) is 110 cm³/mol. The monoisotopic (exact) mass is 426 g/mol. The van der Waals surface area contributed by atoms with E-state index in [1.165, 1.54) is 36.5 Å². The number of nitrogens with zero attached hydrogens (tertiary/aromatic N) is 2. The molecule has 0 atom stereocenters. The minimum Gasteiger partial charge on any atom is -0.494 e. The summed E-state index contributed by atoms with van der Waals surface area (Å²) in [7, 11) is 0. The van der Waals surface area contributed by atoms with Crippen LogP contribution in [0.15, 0.2) is 82.6 Å². The minimum atomic E-state index is -4.62. The predicted octanol–water partition coefficient (Wildman–Crippen LogP) is 5.60. The molecule has 0 aliphatic rings. The van der Waals surface area contributed by atoms with Crippen molar-refractivity contribution in [1.82, 2.24) is 4.57 Å². The number of rotatable bonds is 3. The normalized spacial score (nSPS) is 12.0. The minimum absolute atomic E-state index is 0.00259. The van der Waals surface area contributed by atoms with E-state index in [1.54, 1.807) is 24.3 Å². The molecule has 0 radical (unpaired) electrons. The van der Waals surface area contributed by atoms with E-state index in [1.807, 2.05) is 0 Å². The fraction of sp³-hybridized carbons (Fsp3) is 0.0435. The summed E-state index contributed by atoms with van der Waals surface area (Å²) in [5.41, 5.74) is -1.76. The van der Waals surface area contributed by atoms with Crippen molar-refractivity contribution < 1.29 is 22.7 Å². The van der Waals surface area contributed by atoms with Gasteiger partial charge in [-0.05, 0) is 36.4 Å². The van der Waals surface area contributed by atoms with Crippen LogP contribution in [0.25, 0.3) is 16.5 Å². The third-order valence-electron chi connectivity index (χ3n) is 4.72. The van der Waals surface area contributed by atoms with Gasteiger partial charge in [0.15, 0.2) is 0 Å². The third kappa shape index (κ3) is 3.79. The molecule has 0 bridgehead atoms. The van der Waals surface area contributed by atoms with Crippen molar-refractivity contribution in [2.24, 2.45) is 4.99 Å². The molecule has 0 amide bonds. The van der Waals surface area contributed by atoms with Crippen LogP contribution in [0, 0.1) is 5.82 Å². The Kier molecular flexibility index (Phi) is 5.06. The Morgan fingerprint density at radius 1 is 0.903 bits per heavy atom. The van der Waals surface area contributed by atoms with Crippen molar-refractivity contribution in [1.29, 1.82) is 0 Å². The number of halogens is 4. The smallest absolute Gasteiger partial charge is 0.416 e. The summed E-state index contributed by atoms with van der Waals surface area (Å²) in [6.07, 6.45) is -3.44. The Hall–Kier alpha value is -3.94. The second-order valence-corrected chi connectivity index (χ2v) is 6.68. The van der Waals surface area contributed by atoms with Gasteiger partial charge in [-0.25, -0.2) is 8.96 Å². The number of aliphatic imine (C=N–C) groups is 1. The number of para-hydroxylation sites is 1. The molecule has 0 saturated carbocycles. The molecule has 0 fully saturated rings. The van der Waals surface area contributed by atoms with Crippen LogP contribution >= 0.6 is 0 Å². The Morgan fingerprint density at radius 3 is 2.29 bits per heavy atom. The fourth-order valence-electron chi connectivity index (χ4n) is 3.24. The molecule has 4 rings (SSSR count). The first-order valence-corrected chi connectivity index (χ1v) is 9.10. The number of pyridine rings is 1. The molecular formula is C23H14F4N2O2. The van der Waals surface area contributed by atoms with Gasteiger partial charge >= 0.3 is 6.18 Å². The number of fused-ring (bicyclic) bond motifs is 1. The topological polar surface area (TPSA) is 54.6 Å². The maximum absolute atomic E-state index is 13.9. The lowest BCUT2D eigenvalue weighted by Crippen LogP contribution is -2.20. The molecule has 156 valence electrons. The van der Waals surface area contributed by atoms with Crippen LogP contribution in [0.1, 0.15) is 11.1 Å². The highest BCUT2D eigenvalue weighted by Crippen LogP contribution is 2.32. The quantitative estimate of drug-likeness (QED) is 0.342. The average molecular weight is 426 g/mol. The molecule has 4 aromatic rings. The zero-order valence-electron chi connectivity index (χ0n) is 15.8. The van der Waals surface area contributed by atoms with Crippen LogP contribution in [0.5, 0.6) is 5.88 Å². The summed E-state index contributed by atoms with van der Waals surface area (Å²) < 4.78 is 54.2. The number of benzene rings is 3. The molecule has 8 heteroatoms. The lowest BCUT2D eigenvalue weighted by Gasteiger charge is -2.15. The van der Waals surface area contributed by atoms with Crippen molar-refractivity contribution in [3.8, 4) is 11.6 Å². The van der Waals surface area contributed by atoms with Crippen LogP contribution in [0.2, 0.25) is 0 Å². The highest BCUT2D eigenvalue weighted by Gasteiger charge is 2.31. The van der Waals surface area contributed by atoms with Crippen molar-refractivity contribution in [2.75, 3.05) is 0 Å². The van der Waals surface area contributed by atoms with E-state index < -0.39 is 29.0 Å². The van der Waals surface area contributed by atoms with Gasteiger partial charge in [-0.1, -0.05) is 36.4 Å². The van der Waals surface area contributed by atoms with Crippen LogP contribution in [-0.4, -0.2) is 15.9 Å². The number of alkyl halides is 3. The Morgan fingerprint density at radius 2 is 1.58 bits per heavy atom. The van der Waals surface area contributed by atoms with E-state index in [2.05, 4.69) is 4.99 Å². The molecular weight excluding hydrogens is 412 g/mol. The molecule has 1 N–H and O–H groups in total. The molecule has 1 aromatic heterocycles. The van der Waals surface area contributed by atoms with E-state index >= 15 is 0 Å². The number of hydrogen-bond acceptors (Lipinski definition) is 3. The maximum atomic E-state index is 13.9. The largest absolute Gasteiger partial charge is 0.494 e. The van der Waals surface area contributed by atoms with Gasteiger partial charge in [0.05, 0.1) is 22.5 Å². The second kappa shape index (κ2) is 7.71. The van der Waals surface area contributed by atoms with E-state index in [0.717, 1.165) is 22.8 Å². The highest BCUT2D eigenvalue weighted by atomic mass is 19.4. The standard InChI is InChI=1S/C23H14F4N2O2/c24-19-10-3-4-11-20(19)28-13-18-16-8-1-2-9-17(16)21(30)29(22(18)31)15-7-5-6-14(12-15)23(25,26)27/h1-13,31H. The van der Waals surface area contributed by atoms with Gasteiger partial charge in [0, 0.05) is 17.0 Å². The molecule has 0 unspecified atom stereocenters. The number of aromatic nitrogens is 1. The summed E-state index contributed by atoms with van der Waals surface area (Å²) in [6, 6.07) is 16.1. The van der Waals surface area contributed by atoms with Crippen LogP contribution in [-0.2, 0) is 6.18 Å². The Balaban J connectivity index is 1.99. The molecule has 1 heterocycles. The average Bonchev–Trinajstić information content (AvgIpc) is 2.74. The van der Waals surface area contributed by atoms with E-state index in [-0.39, 0.29) is 22.3 Å². The van der Waals surface area contributed by atoms with Crippen molar-refractivity contribution in [2.45, 2.75) is 6.18 Å². The summed E-state index contributed by atoms with van der Waals surface area (Å²) in [4.78, 5) is 17.1. The first kappa shape index (κ1) is 20.3. The van der Waals surface area contributed by atoms with Crippen molar-refractivity contribution in [3.05, 3.63) is 100 Å². The van der Waals surface area contributed by atoms with Crippen LogP contribution in [0.4, 0.5) is 23.2 Å². The number of hydrogen-bond donors (Lipinski definition) is 1.